The number of carbonyl (C=O) groups is 1. The zero-order valence-corrected chi connectivity index (χ0v) is 19.4. The lowest BCUT2D eigenvalue weighted by Crippen LogP contribution is -2.25. The summed E-state index contributed by atoms with van der Waals surface area (Å²) in [6.07, 6.45) is 6.90. The number of fused-ring (bicyclic) bond motifs is 2. The van der Waals surface area contributed by atoms with Gasteiger partial charge in [-0.2, -0.15) is 5.10 Å². The van der Waals surface area contributed by atoms with Gasteiger partial charge >= 0.3 is 0 Å². The number of carbonyl (C=O) groups excluding carboxylic acids is 1. The molecule has 0 saturated heterocycles. The number of thioether (sulfide) groups is 1. The molecule has 33 heavy (non-hydrogen) atoms. The molecule has 0 atom stereocenters. The Bertz CT molecular complexity index is 1150. The molecule has 0 radical (unpaired) electrons. The summed E-state index contributed by atoms with van der Waals surface area (Å²) in [5.41, 5.74) is 1.58. The zero-order valence-electron chi connectivity index (χ0n) is 18.5. The van der Waals surface area contributed by atoms with Crippen molar-refractivity contribution >= 4 is 40.6 Å². The molecule has 2 aromatic heterocycles. The van der Waals surface area contributed by atoms with Crippen molar-refractivity contribution in [3.8, 4) is 11.5 Å². The molecule has 0 bridgehead atoms. The number of anilines is 1. The molecule has 3 aromatic rings. The van der Waals surface area contributed by atoms with E-state index >= 15 is 0 Å². The van der Waals surface area contributed by atoms with E-state index in [1.807, 2.05) is 31.4 Å². The molecule has 0 saturated carbocycles. The van der Waals surface area contributed by atoms with Crippen LogP contribution in [0.3, 0.4) is 0 Å². The second-order valence-electron chi connectivity index (χ2n) is 7.02. The van der Waals surface area contributed by atoms with Gasteiger partial charge in [-0.3, -0.25) is 4.79 Å². The van der Waals surface area contributed by atoms with E-state index in [1.165, 1.54) is 17.8 Å². The summed E-state index contributed by atoms with van der Waals surface area (Å²) in [5, 5.41) is 12.1. The van der Waals surface area contributed by atoms with Gasteiger partial charge in [0.05, 0.1) is 24.7 Å². The molecule has 1 amide bonds. The van der Waals surface area contributed by atoms with Crippen molar-refractivity contribution in [3.05, 3.63) is 36.0 Å². The van der Waals surface area contributed by atoms with E-state index < -0.39 is 0 Å². The van der Waals surface area contributed by atoms with Crippen LogP contribution in [-0.4, -0.2) is 65.0 Å². The highest BCUT2D eigenvalue weighted by atomic mass is 32.2. The monoisotopic (exact) mass is 470 g/mol. The van der Waals surface area contributed by atoms with Crippen LogP contribution in [0.2, 0.25) is 0 Å². The largest absolute Gasteiger partial charge is 0.454 e. The van der Waals surface area contributed by atoms with Crippen LogP contribution in [0, 0.1) is 0 Å². The highest BCUT2D eigenvalue weighted by Crippen LogP contribution is 2.32. The minimum absolute atomic E-state index is 0.193. The lowest BCUT2D eigenvalue weighted by molar-refractivity contribution is -0.116. The van der Waals surface area contributed by atoms with Gasteiger partial charge in [0.1, 0.15) is 5.82 Å². The Kier molecular flexibility index (Phi) is 7.63. The van der Waals surface area contributed by atoms with Crippen molar-refractivity contribution in [3.63, 3.8) is 0 Å². The van der Waals surface area contributed by atoms with Crippen molar-refractivity contribution in [2.24, 2.45) is 0 Å². The average Bonchev–Trinajstić information content (AvgIpc) is 3.47. The maximum atomic E-state index is 12.2. The van der Waals surface area contributed by atoms with Gasteiger partial charge in [-0.1, -0.05) is 17.8 Å². The maximum absolute atomic E-state index is 12.2. The Morgan fingerprint density at radius 2 is 2.15 bits per heavy atom. The first-order valence-electron chi connectivity index (χ1n) is 10.6. The van der Waals surface area contributed by atoms with Gasteiger partial charge in [0.2, 0.25) is 12.7 Å². The Morgan fingerprint density at radius 3 is 3.00 bits per heavy atom. The first-order chi connectivity index (χ1) is 16.2. The smallest absolute Gasteiger partial charge is 0.244 e. The third-order valence-corrected chi connectivity index (χ3v) is 5.40. The van der Waals surface area contributed by atoms with Gasteiger partial charge in [0.15, 0.2) is 22.3 Å². The molecule has 1 aliphatic rings. The van der Waals surface area contributed by atoms with Crippen LogP contribution >= 0.6 is 11.8 Å². The minimum Gasteiger partial charge on any atom is -0.454 e. The summed E-state index contributed by atoms with van der Waals surface area (Å²) in [6, 6.07) is 5.54. The van der Waals surface area contributed by atoms with E-state index in [2.05, 4.69) is 25.7 Å². The second kappa shape index (κ2) is 11.0. The molecule has 4 rings (SSSR count). The molecule has 11 heteroatoms. The molecule has 0 fully saturated rings. The van der Waals surface area contributed by atoms with Crippen LogP contribution in [0.25, 0.3) is 17.1 Å². The predicted octanol–water partition coefficient (Wildman–Crippen LogP) is 2.55. The van der Waals surface area contributed by atoms with Gasteiger partial charge in [0.25, 0.3) is 0 Å². The van der Waals surface area contributed by atoms with Crippen LogP contribution in [0.15, 0.2) is 35.6 Å². The SMILES string of the molecule is CCOCCNc1nc(SC)nc2c1cnn2CCNC(=O)/C=C\c1ccc2c(c1)OCO2. The zero-order chi connectivity index (χ0) is 23.0. The molecule has 174 valence electrons. The van der Waals surface area contributed by atoms with E-state index in [9.17, 15) is 4.79 Å². The average molecular weight is 471 g/mol. The topological polar surface area (TPSA) is 112 Å². The summed E-state index contributed by atoms with van der Waals surface area (Å²) < 4.78 is 17.8. The molecule has 1 aliphatic heterocycles. The normalized spacial score (nSPS) is 12.5. The van der Waals surface area contributed by atoms with Gasteiger partial charge < -0.3 is 24.8 Å². The lowest BCUT2D eigenvalue weighted by atomic mass is 10.2. The number of amides is 1. The Balaban J connectivity index is 1.35. The number of aromatic nitrogens is 4. The molecule has 0 aliphatic carbocycles. The fraction of sp³-hybridized carbons (Fsp3) is 0.364. The standard InChI is InChI=1S/C22H26N6O4S/c1-3-30-11-9-24-20-16-13-25-28(21(16)27-22(26-20)33-2)10-8-23-19(29)7-5-15-4-6-17-18(12-15)32-14-31-17/h4-7,12-13H,3,8-11,14H2,1-2H3,(H,23,29)(H,24,26,27)/b7-5-. The third-order valence-electron chi connectivity index (χ3n) is 4.85. The Hall–Kier alpha value is -3.31. The van der Waals surface area contributed by atoms with E-state index in [0.29, 0.717) is 49.5 Å². The fourth-order valence-electron chi connectivity index (χ4n) is 3.24. The number of ether oxygens (including phenoxy) is 3. The van der Waals surface area contributed by atoms with Gasteiger partial charge in [-0.15, -0.1) is 0 Å². The highest BCUT2D eigenvalue weighted by molar-refractivity contribution is 7.98. The summed E-state index contributed by atoms with van der Waals surface area (Å²) in [4.78, 5) is 21.4. The van der Waals surface area contributed by atoms with E-state index in [0.717, 1.165) is 22.4 Å². The van der Waals surface area contributed by atoms with Crippen molar-refractivity contribution in [2.75, 3.05) is 44.7 Å². The highest BCUT2D eigenvalue weighted by Gasteiger charge is 2.14. The number of hydrogen-bond donors (Lipinski definition) is 2. The minimum atomic E-state index is -0.193. The molecule has 3 heterocycles. The number of hydrogen-bond acceptors (Lipinski definition) is 9. The number of rotatable bonds is 11. The summed E-state index contributed by atoms with van der Waals surface area (Å²) in [6.45, 7) is 4.99. The van der Waals surface area contributed by atoms with Crippen molar-refractivity contribution in [1.82, 2.24) is 25.1 Å². The number of nitrogens with zero attached hydrogens (tertiary/aromatic N) is 4. The second-order valence-corrected chi connectivity index (χ2v) is 7.80. The Labute approximate surface area is 195 Å². The van der Waals surface area contributed by atoms with Crippen LogP contribution in [-0.2, 0) is 16.1 Å². The molecule has 0 unspecified atom stereocenters. The fourth-order valence-corrected chi connectivity index (χ4v) is 3.60. The van der Waals surface area contributed by atoms with Crippen molar-refractivity contribution < 1.29 is 19.0 Å². The third kappa shape index (κ3) is 5.74. The molecule has 2 N–H and O–H groups in total. The van der Waals surface area contributed by atoms with Crippen LogP contribution < -0.4 is 20.1 Å². The van der Waals surface area contributed by atoms with Crippen LogP contribution in [0.5, 0.6) is 11.5 Å². The van der Waals surface area contributed by atoms with E-state index in [4.69, 9.17) is 14.2 Å². The number of nitrogens with one attached hydrogen (secondary N) is 2. The summed E-state index contributed by atoms with van der Waals surface area (Å²) in [7, 11) is 0. The van der Waals surface area contributed by atoms with E-state index in [-0.39, 0.29) is 12.7 Å². The predicted molar refractivity (Wildman–Crippen MR) is 127 cm³/mol. The summed E-state index contributed by atoms with van der Waals surface area (Å²) in [5.74, 6) is 1.93. The molecule has 10 nitrogen and oxygen atoms in total. The van der Waals surface area contributed by atoms with Crippen LogP contribution in [0.4, 0.5) is 5.82 Å². The molecular weight excluding hydrogens is 444 g/mol. The van der Waals surface area contributed by atoms with Crippen molar-refractivity contribution in [1.29, 1.82) is 0 Å². The lowest BCUT2D eigenvalue weighted by Gasteiger charge is -2.09. The maximum Gasteiger partial charge on any atom is 0.244 e. The quantitative estimate of drug-likeness (QED) is 0.189. The first-order valence-corrected chi connectivity index (χ1v) is 11.8. The molecular formula is C22H26N6O4S. The Morgan fingerprint density at radius 1 is 1.27 bits per heavy atom. The number of benzene rings is 1. The van der Waals surface area contributed by atoms with E-state index in [1.54, 1.807) is 17.0 Å². The van der Waals surface area contributed by atoms with Gasteiger partial charge in [-0.05, 0) is 37.0 Å². The molecule has 1 aromatic carbocycles. The molecule has 0 spiro atoms. The van der Waals surface area contributed by atoms with Gasteiger partial charge in [0, 0.05) is 25.8 Å². The first kappa shape index (κ1) is 22.9. The van der Waals surface area contributed by atoms with Gasteiger partial charge in [-0.25, -0.2) is 14.6 Å². The van der Waals surface area contributed by atoms with Crippen molar-refractivity contribution in [2.45, 2.75) is 18.6 Å². The summed E-state index contributed by atoms with van der Waals surface area (Å²) >= 11 is 1.46. The van der Waals surface area contributed by atoms with Crippen LogP contribution in [0.1, 0.15) is 12.5 Å².